The number of piperazine rings is 1. The third kappa shape index (κ3) is 7.83. The van der Waals surface area contributed by atoms with Gasteiger partial charge in [-0.25, -0.2) is 31.9 Å². The van der Waals surface area contributed by atoms with Crippen LogP contribution in [0.15, 0.2) is 47.7 Å². The zero-order valence-corrected chi connectivity index (χ0v) is 37.1. The Morgan fingerprint density at radius 2 is 1.73 bits per heavy atom. The van der Waals surface area contributed by atoms with Crippen molar-refractivity contribution in [2.45, 2.75) is 75.4 Å². The second-order valence-electron chi connectivity index (χ2n) is 19.4. The first-order valence-electron chi connectivity index (χ1n) is 23.2. The number of alkyl halides is 4. The molecule has 2 N–H and O–H groups in total. The van der Waals surface area contributed by atoms with E-state index in [4.69, 9.17) is 4.74 Å². The Hall–Kier alpha value is -5.87. The van der Waals surface area contributed by atoms with Crippen molar-refractivity contribution in [3.63, 3.8) is 0 Å². The molecule has 0 radical (unpaired) electrons. The molecule has 1 unspecified atom stereocenters. The number of halogens is 4. The molecule has 356 valence electrons. The molecule has 6 fully saturated rings. The summed E-state index contributed by atoms with van der Waals surface area (Å²) in [6.45, 7) is 5.58. The minimum absolute atomic E-state index is 0.0788. The zero-order chi connectivity index (χ0) is 46.4. The lowest BCUT2D eigenvalue weighted by molar-refractivity contribution is -0.135. The van der Waals surface area contributed by atoms with Gasteiger partial charge in [0.05, 0.1) is 65.9 Å². The lowest BCUT2D eigenvalue weighted by Crippen LogP contribution is -2.66. The standard InChI is InChI=1S/C45H53F4N13O5/c1-55-38-31(3-2-4-32(38)62(43(55)66)33-9-10-36(63)53-42(33)65)57-15-17-58(18-16-57)34-11-13-56(24-45(34,48)49)20-27-5-7-28(8-6-27)61-21-30(37(54-61)39(46)47)51-41(64)29-19-50-60-14-12-35(52-40(29)60)59-22-44(23-59)25-67-26-44/h2-4,12,14,19,21,27-28,33-34,39H,5-11,13,15-18,20,22-26H2,1H3,(H,51,64)(H,53,63,65)/t27?,28?,33?,34-/m0/s1. The van der Waals surface area contributed by atoms with E-state index in [0.717, 1.165) is 44.8 Å². The van der Waals surface area contributed by atoms with Gasteiger partial charge in [0, 0.05) is 78.2 Å². The largest absolute Gasteiger partial charge is 0.380 e. The van der Waals surface area contributed by atoms with Gasteiger partial charge in [-0.05, 0) is 62.6 Å². The van der Waals surface area contributed by atoms with Crippen molar-refractivity contribution >= 4 is 51.6 Å². The smallest absolute Gasteiger partial charge is 0.329 e. The van der Waals surface area contributed by atoms with Crippen molar-refractivity contribution in [2.75, 3.05) is 87.2 Å². The molecular weight excluding hydrogens is 879 g/mol. The number of fused-ring (bicyclic) bond motifs is 2. The Kier molecular flexibility index (Phi) is 10.9. The molecule has 1 aromatic carbocycles. The van der Waals surface area contributed by atoms with E-state index < -0.39 is 41.9 Å². The molecule has 22 heteroatoms. The molecule has 11 rings (SSSR count). The number of para-hydroxylation sites is 1. The molecule has 9 heterocycles. The van der Waals surface area contributed by atoms with Gasteiger partial charge < -0.3 is 19.9 Å². The molecule has 1 aliphatic carbocycles. The maximum atomic E-state index is 16.1. The Bertz CT molecular complexity index is 2790. The van der Waals surface area contributed by atoms with Crippen LogP contribution in [-0.4, -0.2) is 145 Å². The summed E-state index contributed by atoms with van der Waals surface area (Å²) in [5, 5.41) is 13.5. The number of anilines is 3. The minimum atomic E-state index is -2.94. The third-order valence-corrected chi connectivity index (χ3v) is 15.1. The number of benzene rings is 1. The Morgan fingerprint density at radius 1 is 0.955 bits per heavy atom. The molecule has 6 aliphatic rings. The number of aromatic nitrogens is 7. The number of imidazole rings is 1. The summed E-state index contributed by atoms with van der Waals surface area (Å²) in [5.41, 5.74) is 1.70. The van der Waals surface area contributed by atoms with Crippen molar-refractivity contribution in [3.8, 4) is 0 Å². The van der Waals surface area contributed by atoms with E-state index in [-0.39, 0.29) is 59.6 Å². The van der Waals surface area contributed by atoms with Gasteiger partial charge >= 0.3 is 5.69 Å². The van der Waals surface area contributed by atoms with Crippen LogP contribution in [0.2, 0.25) is 0 Å². The van der Waals surface area contributed by atoms with E-state index in [1.807, 2.05) is 28.0 Å². The van der Waals surface area contributed by atoms with E-state index in [2.05, 4.69) is 35.6 Å². The van der Waals surface area contributed by atoms with Crippen molar-refractivity contribution in [1.29, 1.82) is 0 Å². The molecule has 2 atom stereocenters. The topological polar surface area (TPSA) is 172 Å². The van der Waals surface area contributed by atoms with Crippen LogP contribution in [-0.2, 0) is 21.4 Å². The molecule has 18 nitrogen and oxygen atoms in total. The molecule has 4 aromatic heterocycles. The van der Waals surface area contributed by atoms with E-state index in [1.54, 1.807) is 19.3 Å². The van der Waals surface area contributed by atoms with Gasteiger partial charge in [-0.15, -0.1) is 0 Å². The highest BCUT2D eigenvalue weighted by atomic mass is 19.3. The number of hydrogen-bond acceptors (Lipinski definition) is 12. The van der Waals surface area contributed by atoms with Gasteiger partial charge in [0.25, 0.3) is 18.3 Å². The molecule has 1 spiro atoms. The van der Waals surface area contributed by atoms with Crippen LogP contribution in [0.1, 0.15) is 79.5 Å². The predicted molar refractivity (Wildman–Crippen MR) is 237 cm³/mol. The average molecular weight is 932 g/mol. The second kappa shape index (κ2) is 16.7. The molecule has 5 saturated heterocycles. The summed E-state index contributed by atoms with van der Waals surface area (Å²) < 4.78 is 72.1. The predicted octanol–water partition coefficient (Wildman–Crippen LogP) is 3.85. The number of aryl methyl sites for hydroxylation is 1. The second-order valence-corrected chi connectivity index (χ2v) is 19.4. The van der Waals surface area contributed by atoms with Crippen LogP contribution in [0, 0.1) is 11.3 Å². The first kappa shape index (κ1) is 43.7. The fraction of sp³-hybridized carbons (Fsp3) is 0.578. The number of nitrogens with zero attached hydrogens (tertiary/aromatic N) is 11. The Morgan fingerprint density at radius 3 is 2.43 bits per heavy atom. The first-order valence-corrected chi connectivity index (χ1v) is 23.2. The van der Waals surface area contributed by atoms with Crippen molar-refractivity contribution < 1.29 is 36.7 Å². The van der Waals surface area contributed by atoms with E-state index in [9.17, 15) is 28.0 Å². The summed E-state index contributed by atoms with van der Waals surface area (Å²) in [4.78, 5) is 64.2. The minimum Gasteiger partial charge on any atom is -0.380 e. The summed E-state index contributed by atoms with van der Waals surface area (Å²) >= 11 is 0. The van der Waals surface area contributed by atoms with Gasteiger partial charge in [-0.3, -0.25) is 43.3 Å². The summed E-state index contributed by atoms with van der Waals surface area (Å²) in [5.74, 6) is -3.56. The van der Waals surface area contributed by atoms with Gasteiger partial charge in [0.15, 0.2) is 11.3 Å². The number of nitrogens with one attached hydrogen (secondary N) is 2. The van der Waals surface area contributed by atoms with Crippen LogP contribution in [0.5, 0.6) is 0 Å². The molecular formula is C45H53F4N13O5. The van der Waals surface area contributed by atoms with Gasteiger partial charge in [-0.2, -0.15) is 10.2 Å². The fourth-order valence-electron chi connectivity index (χ4n) is 11.5. The van der Waals surface area contributed by atoms with E-state index in [0.29, 0.717) is 81.0 Å². The highest BCUT2D eigenvalue weighted by molar-refractivity contribution is 6.08. The zero-order valence-electron chi connectivity index (χ0n) is 37.1. The monoisotopic (exact) mass is 931 g/mol. The van der Waals surface area contributed by atoms with Crippen LogP contribution >= 0.6 is 0 Å². The number of ether oxygens (including phenoxy) is 1. The maximum absolute atomic E-state index is 16.1. The van der Waals surface area contributed by atoms with E-state index in [1.165, 1.54) is 30.7 Å². The van der Waals surface area contributed by atoms with Crippen LogP contribution < -0.4 is 26.1 Å². The van der Waals surface area contributed by atoms with Gasteiger partial charge in [-0.1, -0.05) is 6.07 Å². The lowest BCUT2D eigenvalue weighted by Gasteiger charge is -2.55. The number of carbonyl (C=O) groups is 3. The number of piperidine rings is 2. The number of imide groups is 1. The molecule has 5 aliphatic heterocycles. The Balaban J connectivity index is 0.680. The number of likely N-dealkylation sites (tertiary alicyclic amines) is 1. The van der Waals surface area contributed by atoms with Crippen LogP contribution in [0.4, 0.5) is 34.8 Å². The SMILES string of the molecule is Cn1c(=O)n(C2CCC(=O)NC2=O)c2cccc(N3CCN([C@H]4CCN(CC5CCC(n6cc(NC(=O)c7cnn8ccc(N9CC%10(COC%10)C9)nc78)c(C(F)F)n6)CC5)CC4(F)F)CC3)c21. The third-order valence-electron chi connectivity index (χ3n) is 15.1. The first-order chi connectivity index (χ1) is 32.2. The molecule has 3 amide bonds. The van der Waals surface area contributed by atoms with Crippen molar-refractivity contribution in [1.82, 2.24) is 48.6 Å². The van der Waals surface area contributed by atoms with Crippen molar-refractivity contribution in [3.05, 3.63) is 64.6 Å². The van der Waals surface area contributed by atoms with Crippen LogP contribution in [0.3, 0.4) is 0 Å². The van der Waals surface area contributed by atoms with Crippen LogP contribution in [0.25, 0.3) is 16.7 Å². The fourth-order valence-corrected chi connectivity index (χ4v) is 11.5. The highest BCUT2D eigenvalue weighted by Crippen LogP contribution is 2.41. The Labute approximate surface area is 381 Å². The van der Waals surface area contributed by atoms with Crippen molar-refractivity contribution in [2.24, 2.45) is 18.4 Å². The lowest BCUT2D eigenvalue weighted by atomic mass is 9.78. The normalized spacial score (nSPS) is 25.8. The quantitative estimate of drug-likeness (QED) is 0.153. The summed E-state index contributed by atoms with van der Waals surface area (Å²) in [7, 11) is 1.66. The maximum Gasteiger partial charge on any atom is 0.329 e. The molecule has 67 heavy (non-hydrogen) atoms. The summed E-state index contributed by atoms with van der Waals surface area (Å²) in [6.07, 6.45) is 5.03. The van der Waals surface area contributed by atoms with E-state index >= 15 is 8.78 Å². The number of carbonyl (C=O) groups excluding carboxylic acids is 3. The number of rotatable bonds is 10. The molecule has 1 saturated carbocycles. The van der Waals surface area contributed by atoms with Gasteiger partial charge in [0.1, 0.15) is 17.4 Å². The highest BCUT2D eigenvalue weighted by Gasteiger charge is 2.50. The summed E-state index contributed by atoms with van der Waals surface area (Å²) in [6, 6.07) is 5.46. The average Bonchev–Trinajstić information content (AvgIpc) is 3.97. The number of amides is 3. The molecule has 5 aromatic rings. The number of hydrogen-bond donors (Lipinski definition) is 2. The molecule has 0 bridgehead atoms. The van der Waals surface area contributed by atoms with Gasteiger partial charge in [0.2, 0.25) is 11.8 Å².